The van der Waals surface area contributed by atoms with Gasteiger partial charge in [0.2, 0.25) is 0 Å². The van der Waals surface area contributed by atoms with Gasteiger partial charge in [-0.05, 0) is 65.8 Å². The van der Waals surface area contributed by atoms with Crippen LogP contribution in [0.2, 0.25) is 0 Å². The lowest BCUT2D eigenvalue weighted by atomic mass is 9.97. The van der Waals surface area contributed by atoms with Gasteiger partial charge < -0.3 is 14.8 Å². The highest BCUT2D eigenvalue weighted by Gasteiger charge is 2.28. The fourth-order valence-electron chi connectivity index (χ4n) is 2.61. The summed E-state index contributed by atoms with van der Waals surface area (Å²) in [6.45, 7) is 10.3. The van der Waals surface area contributed by atoms with Crippen LogP contribution >= 0.6 is 0 Å². The van der Waals surface area contributed by atoms with Crippen molar-refractivity contribution in [2.24, 2.45) is 10.8 Å². The number of H-pyrrole nitrogens is 1. The first-order chi connectivity index (χ1) is 16.3. The number of rotatable bonds is 6. The molecule has 0 unspecified atom stereocenters. The molecule has 2 heterocycles. The average Bonchev–Trinajstić information content (AvgIpc) is 3.26. The molecule has 10 nitrogen and oxygen atoms in total. The molecule has 1 amide bonds. The molecular formula is C25H29N5O5. The molecule has 2 N–H and O–H groups in total. The predicted octanol–water partition coefficient (Wildman–Crippen LogP) is 3.70. The van der Waals surface area contributed by atoms with Crippen LogP contribution in [0, 0.1) is 10.8 Å². The number of nitrogens with zero attached hydrogens (tertiary/aromatic N) is 3. The fraction of sp³-hybridized carbons (Fsp3) is 0.360. The van der Waals surface area contributed by atoms with E-state index in [0.29, 0.717) is 11.6 Å². The summed E-state index contributed by atoms with van der Waals surface area (Å²) in [5, 5.41) is 9.66. The summed E-state index contributed by atoms with van der Waals surface area (Å²) in [6.07, 6.45) is 3.27. The van der Waals surface area contributed by atoms with Gasteiger partial charge >= 0.3 is 11.9 Å². The number of benzene rings is 1. The quantitative estimate of drug-likeness (QED) is 0.403. The highest BCUT2D eigenvalue weighted by molar-refractivity contribution is 5.98. The van der Waals surface area contributed by atoms with Gasteiger partial charge in [0.25, 0.3) is 5.91 Å². The van der Waals surface area contributed by atoms with Gasteiger partial charge in [0.1, 0.15) is 17.3 Å². The van der Waals surface area contributed by atoms with Crippen molar-refractivity contribution >= 4 is 17.8 Å². The van der Waals surface area contributed by atoms with E-state index < -0.39 is 28.7 Å². The molecule has 0 aliphatic rings. The van der Waals surface area contributed by atoms with Gasteiger partial charge in [-0.15, -0.1) is 0 Å². The fourth-order valence-corrected chi connectivity index (χ4v) is 2.61. The van der Waals surface area contributed by atoms with Crippen molar-refractivity contribution < 1.29 is 23.9 Å². The smallest absolute Gasteiger partial charge is 0.316 e. The van der Waals surface area contributed by atoms with E-state index >= 15 is 0 Å². The number of aromatic amines is 1. The van der Waals surface area contributed by atoms with Crippen LogP contribution in [0.5, 0.6) is 11.5 Å². The van der Waals surface area contributed by atoms with E-state index in [1.807, 2.05) is 0 Å². The van der Waals surface area contributed by atoms with Crippen LogP contribution in [0.15, 0.2) is 42.7 Å². The summed E-state index contributed by atoms with van der Waals surface area (Å²) in [5.41, 5.74) is -0.655. The van der Waals surface area contributed by atoms with Gasteiger partial charge in [0.15, 0.2) is 5.82 Å². The number of nitrogens with one attached hydrogen (secondary N) is 2. The summed E-state index contributed by atoms with van der Waals surface area (Å²) >= 11 is 0. The first-order valence-corrected chi connectivity index (χ1v) is 11.0. The second-order valence-corrected chi connectivity index (χ2v) is 9.96. The van der Waals surface area contributed by atoms with E-state index in [2.05, 4.69) is 25.5 Å². The highest BCUT2D eigenvalue weighted by atomic mass is 16.5. The summed E-state index contributed by atoms with van der Waals surface area (Å²) in [4.78, 5) is 46.1. The molecule has 3 rings (SSSR count). The average molecular weight is 480 g/mol. The Kier molecular flexibility index (Phi) is 7.33. The standard InChI is InChI=1S/C25H29N5O5/c1-24(2,3)22(32)34-16-7-8-17(18(13-16)35-23(33)25(4,5)6)21(31)27-14-19-28-20(30-29-19)15-9-11-26-12-10-15/h7-13H,14H2,1-6H3,(H,27,31)(H,28,29,30). The maximum absolute atomic E-state index is 13.0. The monoisotopic (exact) mass is 479 g/mol. The SMILES string of the molecule is CC(C)(C)C(=O)Oc1ccc(C(=O)NCc2nc(-c3ccncc3)n[nH]2)c(OC(=O)C(C)(C)C)c1. The Hall–Kier alpha value is -4.08. The number of carbonyl (C=O) groups is 3. The molecule has 2 aromatic heterocycles. The molecule has 0 aliphatic carbocycles. The lowest BCUT2D eigenvalue weighted by Crippen LogP contribution is -2.29. The molecule has 0 spiro atoms. The first-order valence-electron chi connectivity index (χ1n) is 11.0. The lowest BCUT2D eigenvalue weighted by Gasteiger charge is -2.20. The Morgan fingerprint density at radius 2 is 1.54 bits per heavy atom. The van der Waals surface area contributed by atoms with Crippen LogP contribution in [0.1, 0.15) is 57.7 Å². The third kappa shape index (κ3) is 6.72. The molecule has 1 aromatic carbocycles. The van der Waals surface area contributed by atoms with Crippen molar-refractivity contribution in [2.75, 3.05) is 0 Å². The van der Waals surface area contributed by atoms with Crippen LogP contribution < -0.4 is 14.8 Å². The lowest BCUT2D eigenvalue weighted by molar-refractivity contribution is -0.143. The van der Waals surface area contributed by atoms with Crippen molar-refractivity contribution in [1.82, 2.24) is 25.5 Å². The Labute approximate surface area is 203 Å². The summed E-state index contributed by atoms with van der Waals surface area (Å²) < 4.78 is 10.9. The molecule has 0 saturated heterocycles. The van der Waals surface area contributed by atoms with Crippen molar-refractivity contribution in [1.29, 1.82) is 0 Å². The van der Waals surface area contributed by atoms with Crippen molar-refractivity contribution in [3.8, 4) is 22.9 Å². The molecule has 184 valence electrons. The summed E-state index contributed by atoms with van der Waals surface area (Å²) in [6, 6.07) is 7.82. The molecule has 0 radical (unpaired) electrons. The summed E-state index contributed by atoms with van der Waals surface area (Å²) in [7, 11) is 0. The second kappa shape index (κ2) is 10.0. The number of ether oxygens (including phenoxy) is 2. The normalized spacial score (nSPS) is 11.6. The molecule has 0 saturated carbocycles. The van der Waals surface area contributed by atoms with Crippen LogP contribution in [0.3, 0.4) is 0 Å². The number of hydrogen-bond donors (Lipinski definition) is 2. The largest absolute Gasteiger partial charge is 0.426 e. The van der Waals surface area contributed by atoms with Gasteiger partial charge in [0.05, 0.1) is 22.9 Å². The molecule has 3 aromatic rings. The number of pyridine rings is 1. The Balaban J connectivity index is 1.79. The molecular weight excluding hydrogens is 450 g/mol. The van der Waals surface area contributed by atoms with Gasteiger partial charge in [-0.3, -0.25) is 24.5 Å². The van der Waals surface area contributed by atoms with Crippen molar-refractivity contribution in [3.63, 3.8) is 0 Å². The maximum Gasteiger partial charge on any atom is 0.316 e. The van der Waals surface area contributed by atoms with Crippen LogP contribution in [0.25, 0.3) is 11.4 Å². The third-order valence-corrected chi connectivity index (χ3v) is 4.72. The van der Waals surface area contributed by atoms with Crippen molar-refractivity contribution in [2.45, 2.75) is 48.1 Å². The van der Waals surface area contributed by atoms with E-state index in [0.717, 1.165) is 5.56 Å². The number of hydrogen-bond acceptors (Lipinski definition) is 8. The van der Waals surface area contributed by atoms with E-state index in [-0.39, 0.29) is 23.6 Å². The minimum Gasteiger partial charge on any atom is -0.426 e. The molecule has 35 heavy (non-hydrogen) atoms. The van der Waals surface area contributed by atoms with Crippen LogP contribution in [-0.4, -0.2) is 38.0 Å². The van der Waals surface area contributed by atoms with Gasteiger partial charge in [-0.2, -0.15) is 5.10 Å². The molecule has 0 atom stereocenters. The number of carbonyl (C=O) groups excluding carboxylic acids is 3. The Morgan fingerprint density at radius 3 is 2.17 bits per heavy atom. The zero-order valence-corrected chi connectivity index (χ0v) is 20.6. The van der Waals surface area contributed by atoms with Gasteiger partial charge in [-0.25, -0.2) is 4.98 Å². The Bertz CT molecular complexity index is 1220. The number of esters is 2. The molecule has 10 heteroatoms. The minimum absolute atomic E-state index is 0.0170. The number of amides is 1. The Morgan fingerprint density at radius 1 is 0.914 bits per heavy atom. The van der Waals surface area contributed by atoms with E-state index in [1.54, 1.807) is 66.1 Å². The van der Waals surface area contributed by atoms with E-state index in [1.165, 1.54) is 18.2 Å². The summed E-state index contributed by atoms with van der Waals surface area (Å²) in [5.74, 6) is -0.443. The van der Waals surface area contributed by atoms with Crippen LogP contribution in [-0.2, 0) is 16.1 Å². The van der Waals surface area contributed by atoms with Crippen molar-refractivity contribution in [3.05, 3.63) is 54.1 Å². The number of aromatic nitrogens is 4. The second-order valence-electron chi connectivity index (χ2n) is 9.96. The topological polar surface area (TPSA) is 136 Å². The molecule has 0 aliphatic heterocycles. The minimum atomic E-state index is -0.810. The van der Waals surface area contributed by atoms with E-state index in [4.69, 9.17) is 9.47 Å². The van der Waals surface area contributed by atoms with Gasteiger partial charge in [0, 0.05) is 24.0 Å². The zero-order chi connectivity index (χ0) is 25.8. The first kappa shape index (κ1) is 25.5. The van der Waals surface area contributed by atoms with E-state index in [9.17, 15) is 14.4 Å². The van der Waals surface area contributed by atoms with Gasteiger partial charge in [-0.1, -0.05) is 0 Å². The maximum atomic E-state index is 13.0. The molecule has 0 bridgehead atoms. The van der Waals surface area contributed by atoms with Crippen LogP contribution in [0.4, 0.5) is 0 Å². The molecule has 0 fully saturated rings. The highest BCUT2D eigenvalue weighted by Crippen LogP contribution is 2.29. The predicted molar refractivity (Wildman–Crippen MR) is 127 cm³/mol. The zero-order valence-electron chi connectivity index (χ0n) is 20.6. The third-order valence-electron chi connectivity index (χ3n) is 4.72.